The van der Waals surface area contributed by atoms with Crippen molar-refractivity contribution in [1.29, 1.82) is 0 Å². The highest BCUT2D eigenvalue weighted by Crippen LogP contribution is 2.22. The molecule has 3 rings (SSSR count). The fourth-order valence-corrected chi connectivity index (χ4v) is 2.76. The smallest absolute Gasteiger partial charge is 0.387 e. The van der Waals surface area contributed by atoms with Gasteiger partial charge in [0, 0.05) is 22.7 Å². The van der Waals surface area contributed by atoms with E-state index in [4.69, 9.17) is 4.84 Å². The van der Waals surface area contributed by atoms with E-state index in [0.717, 1.165) is 5.56 Å². The van der Waals surface area contributed by atoms with E-state index in [0.29, 0.717) is 24.4 Å². The van der Waals surface area contributed by atoms with Gasteiger partial charge < -0.3 is 10.1 Å². The molecule has 6 nitrogen and oxygen atoms in total. The second-order valence-corrected chi connectivity index (χ2v) is 6.65. The van der Waals surface area contributed by atoms with Gasteiger partial charge in [-0.3, -0.25) is 14.4 Å². The van der Waals surface area contributed by atoms with Crippen molar-refractivity contribution in [3.8, 4) is 5.75 Å². The molecule has 0 spiro atoms. The number of halogens is 2. The number of ether oxygens (including phenoxy) is 1. The van der Waals surface area contributed by atoms with Crippen LogP contribution in [0.4, 0.5) is 14.5 Å². The van der Waals surface area contributed by atoms with E-state index in [2.05, 4.69) is 10.1 Å². The molecular weight excluding hydrogens is 370 g/mol. The number of alkyl halides is 2. The van der Waals surface area contributed by atoms with E-state index in [1.54, 1.807) is 25.1 Å². The van der Waals surface area contributed by atoms with Gasteiger partial charge in [0.1, 0.15) is 5.75 Å². The van der Waals surface area contributed by atoms with Crippen LogP contribution in [-0.4, -0.2) is 36.6 Å². The Labute approximate surface area is 161 Å². The summed E-state index contributed by atoms with van der Waals surface area (Å²) in [5.74, 6) is -0.462. The van der Waals surface area contributed by atoms with Gasteiger partial charge in [0.2, 0.25) is 0 Å². The van der Waals surface area contributed by atoms with E-state index < -0.39 is 12.5 Å². The second kappa shape index (κ2) is 8.35. The number of aryl methyl sites for hydroxylation is 1. The number of rotatable bonds is 5. The lowest BCUT2D eigenvalue weighted by Gasteiger charge is -2.16. The first-order valence-electron chi connectivity index (χ1n) is 8.75. The van der Waals surface area contributed by atoms with E-state index in [-0.39, 0.29) is 23.1 Å². The van der Waals surface area contributed by atoms with Gasteiger partial charge in [-0.1, -0.05) is 13.0 Å². The molecule has 28 heavy (non-hydrogen) atoms. The van der Waals surface area contributed by atoms with Crippen LogP contribution in [0.3, 0.4) is 0 Å². The Bertz CT molecular complexity index is 871. The zero-order valence-corrected chi connectivity index (χ0v) is 15.4. The van der Waals surface area contributed by atoms with Crippen molar-refractivity contribution in [1.82, 2.24) is 5.06 Å². The largest absolute Gasteiger partial charge is 0.435 e. The molecule has 2 amide bonds. The fraction of sp³-hybridized carbons (Fsp3) is 0.300. The van der Waals surface area contributed by atoms with Crippen molar-refractivity contribution in [2.24, 2.45) is 5.92 Å². The summed E-state index contributed by atoms with van der Waals surface area (Å²) < 4.78 is 28.7. The molecule has 2 aromatic rings. The van der Waals surface area contributed by atoms with Crippen LogP contribution in [0.1, 0.15) is 33.2 Å². The molecule has 1 N–H and O–H groups in total. The lowest BCUT2D eigenvalue weighted by molar-refractivity contribution is -0.0772. The maximum Gasteiger partial charge on any atom is 0.387 e. The summed E-state index contributed by atoms with van der Waals surface area (Å²) in [5.41, 5.74) is 1.93. The standard InChI is InChI=1S/C20H20F2N2O4/c1-12-10-24(27-11-12)19(26)15-4-3-13(2)17(9-15)23-18(25)14-5-7-16(8-6-14)28-20(21)22/h3-9,12,20H,10-11H2,1-2H3,(H,23,25). The minimum Gasteiger partial charge on any atom is -0.435 e. The molecule has 0 aromatic heterocycles. The molecule has 1 saturated heterocycles. The van der Waals surface area contributed by atoms with Crippen LogP contribution in [0.2, 0.25) is 0 Å². The predicted molar refractivity (Wildman–Crippen MR) is 98.4 cm³/mol. The number of amides is 2. The van der Waals surface area contributed by atoms with Gasteiger partial charge in [0.15, 0.2) is 0 Å². The average Bonchev–Trinajstić information content (AvgIpc) is 3.09. The number of carbonyl (C=O) groups is 2. The van der Waals surface area contributed by atoms with Crippen molar-refractivity contribution in [3.63, 3.8) is 0 Å². The zero-order valence-electron chi connectivity index (χ0n) is 15.4. The highest BCUT2D eigenvalue weighted by atomic mass is 19.3. The van der Waals surface area contributed by atoms with Crippen molar-refractivity contribution < 1.29 is 27.9 Å². The third kappa shape index (κ3) is 4.64. The van der Waals surface area contributed by atoms with Crippen molar-refractivity contribution in [3.05, 3.63) is 59.2 Å². The lowest BCUT2D eigenvalue weighted by Crippen LogP contribution is -2.27. The Balaban J connectivity index is 1.72. The molecule has 0 radical (unpaired) electrons. The third-order valence-corrected chi connectivity index (χ3v) is 4.29. The summed E-state index contributed by atoms with van der Waals surface area (Å²) in [5, 5.41) is 4.06. The monoisotopic (exact) mass is 390 g/mol. The maximum absolute atomic E-state index is 12.6. The molecule has 8 heteroatoms. The molecule has 0 aliphatic carbocycles. The minimum atomic E-state index is -2.93. The molecule has 1 aliphatic rings. The molecule has 1 unspecified atom stereocenters. The Morgan fingerprint density at radius 1 is 1.18 bits per heavy atom. The molecule has 1 heterocycles. The lowest BCUT2D eigenvalue weighted by atomic mass is 10.1. The Hall–Kier alpha value is -3.00. The number of hydrogen-bond donors (Lipinski definition) is 1. The number of nitrogens with zero attached hydrogens (tertiary/aromatic N) is 1. The summed E-state index contributed by atoms with van der Waals surface area (Å²) in [6.45, 7) is 1.88. The fourth-order valence-electron chi connectivity index (χ4n) is 2.76. The number of benzene rings is 2. The molecule has 0 bridgehead atoms. The van der Waals surface area contributed by atoms with Crippen LogP contribution in [0, 0.1) is 12.8 Å². The van der Waals surface area contributed by atoms with Gasteiger partial charge in [-0.15, -0.1) is 0 Å². The summed E-state index contributed by atoms with van der Waals surface area (Å²) >= 11 is 0. The van der Waals surface area contributed by atoms with Gasteiger partial charge in [0.05, 0.1) is 13.2 Å². The van der Waals surface area contributed by atoms with E-state index in [9.17, 15) is 18.4 Å². The van der Waals surface area contributed by atoms with Gasteiger partial charge in [-0.25, -0.2) is 5.06 Å². The van der Waals surface area contributed by atoms with Crippen LogP contribution in [0.25, 0.3) is 0 Å². The molecule has 1 fully saturated rings. The van der Waals surface area contributed by atoms with E-state index in [1.165, 1.54) is 29.3 Å². The molecule has 148 valence electrons. The van der Waals surface area contributed by atoms with Crippen LogP contribution >= 0.6 is 0 Å². The number of nitrogens with one attached hydrogen (secondary N) is 1. The number of anilines is 1. The number of hydrogen-bond acceptors (Lipinski definition) is 4. The van der Waals surface area contributed by atoms with E-state index in [1.807, 2.05) is 6.92 Å². The van der Waals surface area contributed by atoms with Crippen LogP contribution < -0.4 is 10.1 Å². The van der Waals surface area contributed by atoms with Crippen molar-refractivity contribution in [2.45, 2.75) is 20.5 Å². The van der Waals surface area contributed by atoms with Crippen molar-refractivity contribution in [2.75, 3.05) is 18.5 Å². The number of carbonyl (C=O) groups excluding carboxylic acids is 2. The summed E-state index contributed by atoms with van der Waals surface area (Å²) in [6.07, 6.45) is 0. The molecule has 0 saturated carbocycles. The topological polar surface area (TPSA) is 67.9 Å². The minimum absolute atomic E-state index is 0.0323. The van der Waals surface area contributed by atoms with Crippen LogP contribution in [-0.2, 0) is 4.84 Å². The maximum atomic E-state index is 12.6. The van der Waals surface area contributed by atoms with Gasteiger partial charge in [-0.05, 0) is 48.9 Å². The highest BCUT2D eigenvalue weighted by Gasteiger charge is 2.26. The molecular formula is C20H20F2N2O4. The summed E-state index contributed by atoms with van der Waals surface area (Å²) in [6, 6.07) is 10.4. The summed E-state index contributed by atoms with van der Waals surface area (Å²) in [7, 11) is 0. The second-order valence-electron chi connectivity index (χ2n) is 6.65. The van der Waals surface area contributed by atoms with Crippen molar-refractivity contribution >= 4 is 17.5 Å². The normalized spacial score (nSPS) is 16.3. The highest BCUT2D eigenvalue weighted by molar-refractivity contribution is 6.05. The SMILES string of the molecule is Cc1ccc(C(=O)N2CC(C)CO2)cc1NC(=O)c1ccc(OC(F)F)cc1. The van der Waals surface area contributed by atoms with Gasteiger partial charge >= 0.3 is 6.61 Å². The Morgan fingerprint density at radius 2 is 1.86 bits per heavy atom. The van der Waals surface area contributed by atoms with Crippen LogP contribution in [0.15, 0.2) is 42.5 Å². The first-order valence-corrected chi connectivity index (χ1v) is 8.75. The van der Waals surface area contributed by atoms with Crippen LogP contribution in [0.5, 0.6) is 5.75 Å². The first kappa shape index (κ1) is 19.8. The first-order chi connectivity index (χ1) is 13.3. The average molecular weight is 390 g/mol. The Kier molecular flexibility index (Phi) is 5.89. The zero-order chi connectivity index (χ0) is 20.3. The molecule has 2 aromatic carbocycles. The summed E-state index contributed by atoms with van der Waals surface area (Å²) in [4.78, 5) is 30.4. The van der Waals surface area contributed by atoms with E-state index >= 15 is 0 Å². The van der Waals surface area contributed by atoms with Gasteiger partial charge in [-0.2, -0.15) is 8.78 Å². The Morgan fingerprint density at radius 3 is 2.46 bits per heavy atom. The predicted octanol–water partition coefficient (Wildman–Crippen LogP) is 3.87. The van der Waals surface area contributed by atoms with Gasteiger partial charge in [0.25, 0.3) is 11.8 Å². The quantitative estimate of drug-likeness (QED) is 0.842. The molecule has 1 aliphatic heterocycles. The molecule has 1 atom stereocenters. The third-order valence-electron chi connectivity index (χ3n) is 4.29. The number of hydroxylamine groups is 2.